The van der Waals surface area contributed by atoms with Crippen molar-refractivity contribution in [2.45, 2.75) is 25.4 Å². The van der Waals surface area contributed by atoms with Gasteiger partial charge in [-0.2, -0.15) is 0 Å². The van der Waals surface area contributed by atoms with Gasteiger partial charge in [-0.25, -0.2) is 4.79 Å². The van der Waals surface area contributed by atoms with Gasteiger partial charge in [0.25, 0.3) is 0 Å². The van der Waals surface area contributed by atoms with Gasteiger partial charge in [-0.05, 0) is 13.3 Å². The molecule has 3 atom stereocenters. The second-order valence-electron chi connectivity index (χ2n) is 3.68. The number of carbonyl (C=O) groups excluding carboxylic acids is 1. The predicted octanol–water partition coefficient (Wildman–Crippen LogP) is 0.337. The lowest BCUT2D eigenvalue weighted by Gasteiger charge is -2.14. The minimum atomic E-state index is -0.877. The molecule has 1 rings (SSSR count). The van der Waals surface area contributed by atoms with Crippen molar-refractivity contribution in [2.75, 3.05) is 0 Å². The van der Waals surface area contributed by atoms with E-state index in [-0.39, 0.29) is 18.1 Å². The van der Waals surface area contributed by atoms with Crippen LogP contribution in [0.25, 0.3) is 0 Å². The summed E-state index contributed by atoms with van der Waals surface area (Å²) in [6.45, 7) is 1.68. The molecule has 5 heteroatoms. The van der Waals surface area contributed by atoms with E-state index in [0.717, 1.165) is 0 Å². The molecule has 0 aromatic rings. The summed E-state index contributed by atoms with van der Waals surface area (Å²) >= 11 is 0. The maximum atomic E-state index is 11.3. The maximum absolute atomic E-state index is 11.3. The lowest BCUT2D eigenvalue weighted by Crippen LogP contribution is -2.44. The SMILES string of the molecule is C#CC(C)NC(=O)NC1C=CC(C(=O)O)C1. The maximum Gasteiger partial charge on any atom is 0.316 e. The van der Waals surface area contributed by atoms with Crippen molar-refractivity contribution >= 4 is 12.0 Å². The van der Waals surface area contributed by atoms with Crippen molar-refractivity contribution in [1.29, 1.82) is 0 Å². The molecule has 3 N–H and O–H groups in total. The molecule has 3 unspecified atom stereocenters. The van der Waals surface area contributed by atoms with Crippen molar-refractivity contribution in [2.24, 2.45) is 5.92 Å². The monoisotopic (exact) mass is 222 g/mol. The Labute approximate surface area is 93.9 Å². The fraction of sp³-hybridized carbons (Fsp3) is 0.455. The summed E-state index contributed by atoms with van der Waals surface area (Å²) < 4.78 is 0. The standard InChI is InChI=1S/C11H14N2O3/c1-3-7(2)12-11(16)13-9-5-4-8(6-9)10(14)15/h1,4-5,7-9H,6H2,2H3,(H,14,15)(H2,12,13,16). The van der Waals surface area contributed by atoms with Gasteiger partial charge in [0.05, 0.1) is 18.0 Å². The third-order valence-corrected chi connectivity index (χ3v) is 2.31. The van der Waals surface area contributed by atoms with Gasteiger partial charge in [0.15, 0.2) is 0 Å². The molecule has 0 saturated carbocycles. The second-order valence-corrected chi connectivity index (χ2v) is 3.68. The molecule has 0 aromatic carbocycles. The van der Waals surface area contributed by atoms with E-state index in [0.29, 0.717) is 6.42 Å². The summed E-state index contributed by atoms with van der Waals surface area (Å²) in [4.78, 5) is 22.0. The van der Waals surface area contributed by atoms with E-state index in [1.807, 2.05) is 0 Å². The van der Waals surface area contributed by atoms with Gasteiger partial charge >= 0.3 is 12.0 Å². The summed E-state index contributed by atoms with van der Waals surface area (Å²) in [5, 5.41) is 13.9. The normalized spacial score (nSPS) is 24.5. The fourth-order valence-corrected chi connectivity index (χ4v) is 1.44. The van der Waals surface area contributed by atoms with Crippen LogP contribution >= 0.6 is 0 Å². The topological polar surface area (TPSA) is 78.4 Å². The Bertz CT molecular complexity index is 357. The zero-order valence-corrected chi connectivity index (χ0v) is 8.93. The molecule has 0 radical (unpaired) electrons. The van der Waals surface area contributed by atoms with Crippen molar-refractivity contribution in [1.82, 2.24) is 10.6 Å². The number of carboxylic acid groups (broad SMARTS) is 1. The smallest absolute Gasteiger partial charge is 0.316 e. The van der Waals surface area contributed by atoms with Crippen molar-refractivity contribution in [3.8, 4) is 12.3 Å². The van der Waals surface area contributed by atoms with Crippen LogP contribution in [0.2, 0.25) is 0 Å². The third-order valence-electron chi connectivity index (χ3n) is 2.31. The number of nitrogens with one attached hydrogen (secondary N) is 2. The molecule has 0 aliphatic heterocycles. The van der Waals surface area contributed by atoms with Crippen molar-refractivity contribution < 1.29 is 14.7 Å². The molecule has 0 spiro atoms. The number of hydrogen-bond donors (Lipinski definition) is 3. The average Bonchev–Trinajstić information content (AvgIpc) is 2.65. The van der Waals surface area contributed by atoms with Crippen LogP contribution in [0.1, 0.15) is 13.3 Å². The van der Waals surface area contributed by atoms with Crippen LogP contribution in [0.4, 0.5) is 4.79 Å². The Morgan fingerprint density at radius 3 is 2.75 bits per heavy atom. The quantitative estimate of drug-likeness (QED) is 0.476. The zero-order chi connectivity index (χ0) is 12.1. The highest BCUT2D eigenvalue weighted by Crippen LogP contribution is 2.17. The van der Waals surface area contributed by atoms with Gasteiger partial charge in [-0.3, -0.25) is 4.79 Å². The molecule has 16 heavy (non-hydrogen) atoms. The zero-order valence-electron chi connectivity index (χ0n) is 8.93. The van der Waals surface area contributed by atoms with Crippen LogP contribution < -0.4 is 10.6 Å². The molecule has 0 fully saturated rings. The van der Waals surface area contributed by atoms with Crippen molar-refractivity contribution in [3.63, 3.8) is 0 Å². The van der Waals surface area contributed by atoms with E-state index in [9.17, 15) is 9.59 Å². The summed E-state index contributed by atoms with van der Waals surface area (Å²) in [5.41, 5.74) is 0. The first kappa shape index (κ1) is 12.1. The molecule has 0 heterocycles. The van der Waals surface area contributed by atoms with E-state index < -0.39 is 11.9 Å². The Morgan fingerprint density at radius 1 is 1.56 bits per heavy atom. The number of carbonyl (C=O) groups is 2. The number of terminal acetylenes is 1. The minimum absolute atomic E-state index is 0.244. The Balaban J connectivity index is 2.36. The van der Waals surface area contributed by atoms with Gasteiger partial charge in [-0.15, -0.1) is 6.42 Å². The molecule has 1 aliphatic rings. The number of hydrogen-bond acceptors (Lipinski definition) is 2. The van der Waals surface area contributed by atoms with Crippen LogP contribution in [0.15, 0.2) is 12.2 Å². The summed E-state index contributed by atoms with van der Waals surface area (Å²) in [5.74, 6) is 0.969. The summed E-state index contributed by atoms with van der Waals surface area (Å²) in [7, 11) is 0. The van der Waals surface area contributed by atoms with Gasteiger partial charge in [0, 0.05) is 0 Å². The summed E-state index contributed by atoms with van der Waals surface area (Å²) in [6.07, 6.45) is 8.75. The van der Waals surface area contributed by atoms with Crippen molar-refractivity contribution in [3.05, 3.63) is 12.2 Å². The molecule has 5 nitrogen and oxygen atoms in total. The van der Waals surface area contributed by atoms with E-state index in [1.54, 1.807) is 19.1 Å². The van der Waals surface area contributed by atoms with E-state index >= 15 is 0 Å². The molecule has 2 amide bonds. The van der Waals surface area contributed by atoms with E-state index in [4.69, 9.17) is 11.5 Å². The highest BCUT2D eigenvalue weighted by atomic mass is 16.4. The molecular formula is C11H14N2O3. The molecular weight excluding hydrogens is 208 g/mol. The third kappa shape index (κ3) is 3.31. The number of carboxylic acids is 1. The van der Waals surface area contributed by atoms with Gasteiger partial charge in [0.1, 0.15) is 0 Å². The van der Waals surface area contributed by atoms with Gasteiger partial charge in [0.2, 0.25) is 0 Å². The first-order valence-corrected chi connectivity index (χ1v) is 4.97. The number of urea groups is 1. The van der Waals surface area contributed by atoms with Crippen LogP contribution in [0.3, 0.4) is 0 Å². The van der Waals surface area contributed by atoms with Crippen LogP contribution in [-0.2, 0) is 4.79 Å². The predicted molar refractivity (Wildman–Crippen MR) is 58.6 cm³/mol. The number of amides is 2. The first-order chi connectivity index (χ1) is 7.52. The van der Waals surface area contributed by atoms with Crippen LogP contribution in [-0.4, -0.2) is 29.2 Å². The molecule has 0 saturated heterocycles. The average molecular weight is 222 g/mol. The lowest BCUT2D eigenvalue weighted by atomic mass is 10.1. The first-order valence-electron chi connectivity index (χ1n) is 4.97. The Morgan fingerprint density at radius 2 is 2.25 bits per heavy atom. The molecule has 1 aliphatic carbocycles. The minimum Gasteiger partial charge on any atom is -0.481 e. The van der Waals surface area contributed by atoms with Gasteiger partial charge in [-0.1, -0.05) is 18.1 Å². The fourth-order valence-electron chi connectivity index (χ4n) is 1.44. The largest absolute Gasteiger partial charge is 0.481 e. The number of rotatable bonds is 3. The number of aliphatic carboxylic acids is 1. The van der Waals surface area contributed by atoms with Crippen LogP contribution in [0, 0.1) is 18.3 Å². The van der Waals surface area contributed by atoms with Gasteiger partial charge < -0.3 is 15.7 Å². The molecule has 86 valence electrons. The molecule has 0 aromatic heterocycles. The Hall–Kier alpha value is -1.96. The van der Waals surface area contributed by atoms with Crippen LogP contribution in [0.5, 0.6) is 0 Å². The Kier molecular flexibility index (Phi) is 3.95. The highest BCUT2D eigenvalue weighted by Gasteiger charge is 2.25. The summed E-state index contributed by atoms with van der Waals surface area (Å²) in [6, 6.07) is -0.974. The van der Waals surface area contributed by atoms with E-state index in [2.05, 4.69) is 16.6 Å². The highest BCUT2D eigenvalue weighted by molar-refractivity contribution is 5.76. The van der Waals surface area contributed by atoms with E-state index in [1.165, 1.54) is 0 Å². The molecule has 0 bridgehead atoms. The second kappa shape index (κ2) is 5.21. The lowest BCUT2D eigenvalue weighted by molar-refractivity contribution is -0.140.